The van der Waals surface area contributed by atoms with Crippen LogP contribution >= 0.6 is 0 Å². The van der Waals surface area contributed by atoms with E-state index in [1.54, 1.807) is 26.0 Å². The molecule has 0 radical (unpaired) electrons. The molecule has 0 unspecified atom stereocenters. The summed E-state index contributed by atoms with van der Waals surface area (Å²) in [4.78, 5) is 13.8. The second-order valence-electron chi connectivity index (χ2n) is 9.73. The van der Waals surface area contributed by atoms with Crippen LogP contribution in [0.4, 0.5) is 8.78 Å². The number of halogens is 2. The largest absolute Gasteiger partial charge is 0.466 e. The summed E-state index contributed by atoms with van der Waals surface area (Å²) in [5, 5.41) is 10.7. The summed E-state index contributed by atoms with van der Waals surface area (Å²) in [6.07, 6.45) is 6.19. The van der Waals surface area contributed by atoms with Crippen LogP contribution in [0.3, 0.4) is 0 Å². The van der Waals surface area contributed by atoms with Crippen LogP contribution in [0, 0.1) is 18.6 Å². The monoisotopic (exact) mass is 515 g/mol. The normalized spacial score (nSPS) is 17.8. The lowest BCUT2D eigenvalue weighted by Crippen LogP contribution is -2.39. The number of ether oxygens (including phenoxy) is 2. The number of allylic oxidation sites excluding steroid dienone is 1. The number of β-amino-alcohol motifs (C(OH)–C–C–N with tert-alkyl or cyclic N) is 1. The molecule has 3 atom stereocenters. The van der Waals surface area contributed by atoms with E-state index < -0.39 is 12.2 Å². The van der Waals surface area contributed by atoms with Crippen molar-refractivity contribution in [2.75, 3.05) is 26.3 Å². The fourth-order valence-corrected chi connectivity index (χ4v) is 4.76. The quantitative estimate of drug-likeness (QED) is 0.343. The van der Waals surface area contributed by atoms with Gasteiger partial charge < -0.3 is 14.6 Å². The molecule has 0 bridgehead atoms. The average molecular weight is 516 g/mol. The zero-order valence-corrected chi connectivity index (χ0v) is 22.1. The van der Waals surface area contributed by atoms with Gasteiger partial charge in [-0.2, -0.15) is 0 Å². The van der Waals surface area contributed by atoms with Crippen LogP contribution in [0.5, 0.6) is 0 Å². The van der Waals surface area contributed by atoms with Gasteiger partial charge in [0.05, 0.1) is 25.4 Å². The van der Waals surface area contributed by atoms with Gasteiger partial charge in [-0.25, -0.2) is 8.78 Å². The van der Waals surface area contributed by atoms with Gasteiger partial charge in [-0.15, -0.1) is 0 Å². The first kappa shape index (κ1) is 29.0. The van der Waals surface area contributed by atoms with Crippen LogP contribution in [0.1, 0.15) is 67.9 Å². The van der Waals surface area contributed by atoms with Crippen LogP contribution in [0.2, 0.25) is 0 Å². The Kier molecular flexibility index (Phi) is 11.2. The molecule has 0 aromatic heterocycles. The van der Waals surface area contributed by atoms with E-state index in [9.17, 15) is 18.7 Å². The molecule has 1 N–H and O–H groups in total. The van der Waals surface area contributed by atoms with E-state index in [4.69, 9.17) is 9.47 Å². The summed E-state index contributed by atoms with van der Waals surface area (Å²) >= 11 is 0. The van der Waals surface area contributed by atoms with Gasteiger partial charge in [0.25, 0.3) is 0 Å². The molecular weight excluding hydrogens is 476 g/mol. The molecule has 0 amide bonds. The fourth-order valence-electron chi connectivity index (χ4n) is 4.76. The Balaban J connectivity index is 1.52. The predicted octanol–water partition coefficient (Wildman–Crippen LogP) is 5.78. The highest BCUT2D eigenvalue weighted by Gasteiger charge is 2.27. The minimum atomic E-state index is -0.699. The number of nitrogens with zero attached hydrogens (tertiary/aromatic N) is 1. The number of hydrogen-bond donors (Lipinski definition) is 1. The number of carbonyl (C=O) groups excluding carboxylic acids is 1. The summed E-state index contributed by atoms with van der Waals surface area (Å²) < 4.78 is 38.9. The molecule has 1 aliphatic rings. The Morgan fingerprint density at radius 2 is 2.05 bits per heavy atom. The van der Waals surface area contributed by atoms with Crippen molar-refractivity contribution in [3.8, 4) is 0 Å². The second-order valence-corrected chi connectivity index (χ2v) is 9.73. The number of likely N-dealkylation sites (tertiary alicyclic amines) is 1. The van der Waals surface area contributed by atoms with E-state index in [1.165, 1.54) is 12.1 Å². The Bertz CT molecular complexity index is 1060. The first-order valence-corrected chi connectivity index (χ1v) is 13.2. The van der Waals surface area contributed by atoms with Gasteiger partial charge in [-0.05, 0) is 93.5 Å². The SMILES string of the molecule is CCOC(=O)CC/C=C/c1ccc(F)cc1[C@@H](C)OC[C@H](O)CN1CCC[C@H]1Cc1ccc(C)c(F)c1. The molecule has 0 aliphatic carbocycles. The van der Waals surface area contributed by atoms with Crippen molar-refractivity contribution < 1.29 is 28.2 Å². The number of hydrogen-bond acceptors (Lipinski definition) is 5. The predicted molar refractivity (Wildman–Crippen MR) is 141 cm³/mol. The molecular formula is C30H39F2NO4. The highest BCUT2D eigenvalue weighted by molar-refractivity contribution is 5.69. The molecule has 0 saturated carbocycles. The van der Waals surface area contributed by atoms with Crippen molar-refractivity contribution in [1.29, 1.82) is 0 Å². The molecule has 2 aromatic carbocycles. The molecule has 0 spiro atoms. The van der Waals surface area contributed by atoms with E-state index in [0.717, 1.165) is 36.9 Å². The summed E-state index contributed by atoms with van der Waals surface area (Å²) in [6.45, 7) is 7.19. The topological polar surface area (TPSA) is 59.0 Å². The van der Waals surface area contributed by atoms with Gasteiger partial charge >= 0.3 is 5.97 Å². The highest BCUT2D eigenvalue weighted by atomic mass is 19.1. The van der Waals surface area contributed by atoms with Crippen molar-refractivity contribution in [2.24, 2.45) is 0 Å². The second kappa shape index (κ2) is 14.4. The highest BCUT2D eigenvalue weighted by Crippen LogP contribution is 2.25. The van der Waals surface area contributed by atoms with E-state index >= 15 is 0 Å². The van der Waals surface area contributed by atoms with Crippen molar-refractivity contribution in [3.63, 3.8) is 0 Å². The van der Waals surface area contributed by atoms with Crippen molar-refractivity contribution >= 4 is 12.0 Å². The maximum absolute atomic E-state index is 14.0. The molecule has 202 valence electrons. The van der Waals surface area contributed by atoms with Crippen molar-refractivity contribution in [3.05, 3.63) is 76.4 Å². The lowest BCUT2D eigenvalue weighted by molar-refractivity contribution is -0.143. The Hall–Kier alpha value is -2.61. The lowest BCUT2D eigenvalue weighted by Gasteiger charge is -2.27. The third-order valence-electron chi connectivity index (χ3n) is 6.80. The maximum Gasteiger partial charge on any atom is 0.306 e. The number of benzene rings is 2. The molecule has 37 heavy (non-hydrogen) atoms. The van der Waals surface area contributed by atoms with E-state index in [2.05, 4.69) is 4.90 Å². The number of rotatable bonds is 13. The van der Waals surface area contributed by atoms with Crippen LogP contribution in [0.15, 0.2) is 42.5 Å². The molecule has 1 saturated heterocycles. The first-order chi connectivity index (χ1) is 17.8. The van der Waals surface area contributed by atoms with Crippen LogP contribution in [-0.2, 0) is 20.7 Å². The molecule has 5 nitrogen and oxygen atoms in total. The minimum Gasteiger partial charge on any atom is -0.466 e. The number of aliphatic hydroxyl groups is 1. The minimum absolute atomic E-state index is 0.117. The lowest BCUT2D eigenvalue weighted by atomic mass is 10.0. The van der Waals surface area contributed by atoms with Crippen molar-refractivity contribution in [2.45, 2.75) is 71.1 Å². The van der Waals surface area contributed by atoms with Gasteiger partial charge in [-0.1, -0.05) is 30.4 Å². The summed E-state index contributed by atoms with van der Waals surface area (Å²) in [7, 11) is 0. The third kappa shape index (κ3) is 9.02. The van der Waals surface area contributed by atoms with Gasteiger partial charge in [0.2, 0.25) is 0 Å². The van der Waals surface area contributed by atoms with Gasteiger partial charge in [-0.3, -0.25) is 9.69 Å². The van der Waals surface area contributed by atoms with E-state index in [1.807, 2.05) is 31.2 Å². The summed E-state index contributed by atoms with van der Waals surface area (Å²) in [5.41, 5.74) is 3.09. The average Bonchev–Trinajstić information content (AvgIpc) is 3.29. The standard InChI is InChI=1S/C30H39F2NO4/c1-4-36-30(35)10-6-5-8-24-13-14-25(31)18-28(24)22(3)37-20-27(34)19-33-15-7-9-26(33)16-23-12-11-21(2)29(32)17-23/h5,8,11-14,17-18,22,26-27,34H,4,6-7,9-10,15-16,19-20H2,1-3H3/b8-5+/t22-,26+,27-/m1/s1. The Labute approximate surface area is 219 Å². The molecule has 2 aromatic rings. The number of aryl methyl sites for hydroxylation is 1. The van der Waals surface area contributed by atoms with Crippen LogP contribution in [0.25, 0.3) is 6.08 Å². The smallest absolute Gasteiger partial charge is 0.306 e. The third-order valence-corrected chi connectivity index (χ3v) is 6.80. The number of aliphatic hydroxyl groups excluding tert-OH is 1. The summed E-state index contributed by atoms with van der Waals surface area (Å²) in [5.74, 6) is -0.791. The molecule has 7 heteroatoms. The number of esters is 1. The number of carbonyl (C=O) groups is 1. The van der Waals surface area contributed by atoms with Gasteiger partial charge in [0.1, 0.15) is 11.6 Å². The van der Waals surface area contributed by atoms with E-state index in [-0.39, 0.29) is 36.7 Å². The molecule has 1 heterocycles. The summed E-state index contributed by atoms with van der Waals surface area (Å²) in [6, 6.07) is 10.2. The first-order valence-electron chi connectivity index (χ1n) is 13.2. The van der Waals surface area contributed by atoms with Gasteiger partial charge in [0.15, 0.2) is 0 Å². The zero-order chi connectivity index (χ0) is 26.8. The molecule has 1 aliphatic heterocycles. The molecule has 1 fully saturated rings. The fraction of sp³-hybridized carbons (Fsp3) is 0.500. The Morgan fingerprint density at radius 1 is 1.24 bits per heavy atom. The van der Waals surface area contributed by atoms with Crippen molar-refractivity contribution in [1.82, 2.24) is 4.90 Å². The maximum atomic E-state index is 14.0. The van der Waals surface area contributed by atoms with Crippen LogP contribution < -0.4 is 0 Å². The zero-order valence-electron chi connectivity index (χ0n) is 22.1. The Morgan fingerprint density at radius 3 is 2.81 bits per heavy atom. The van der Waals surface area contributed by atoms with E-state index in [0.29, 0.717) is 30.7 Å². The van der Waals surface area contributed by atoms with Gasteiger partial charge in [0, 0.05) is 19.0 Å². The molecule has 3 rings (SSSR count). The van der Waals surface area contributed by atoms with Crippen LogP contribution in [-0.4, -0.2) is 54.4 Å².